The number of fused-ring (bicyclic) bond motifs is 1. The number of hydrogen-bond donors (Lipinski definition) is 1. The van der Waals surface area contributed by atoms with Crippen LogP contribution in [-0.2, 0) is 11.2 Å². The van der Waals surface area contributed by atoms with Crippen molar-refractivity contribution in [2.75, 3.05) is 5.43 Å². The lowest BCUT2D eigenvalue weighted by Crippen LogP contribution is -2.37. The Morgan fingerprint density at radius 2 is 1.92 bits per heavy atom. The summed E-state index contributed by atoms with van der Waals surface area (Å²) < 4.78 is 15.2. The molecule has 25 heavy (non-hydrogen) atoms. The van der Waals surface area contributed by atoms with E-state index >= 15 is 0 Å². The fourth-order valence-corrected chi connectivity index (χ4v) is 2.88. The maximum absolute atomic E-state index is 14.1. The molecule has 6 heteroatoms. The van der Waals surface area contributed by atoms with Crippen LogP contribution in [0.25, 0.3) is 10.9 Å². The molecule has 2 aromatic carbocycles. The Bertz CT molecular complexity index is 1010. The SMILES string of the molecule is O=C(Cc1ccccc1)Nn1c(C2CC2)nc2cccc(F)c2c1=O. The van der Waals surface area contributed by atoms with E-state index in [1.165, 1.54) is 12.1 Å². The molecular weight excluding hydrogens is 321 g/mol. The van der Waals surface area contributed by atoms with E-state index in [1.54, 1.807) is 6.07 Å². The monoisotopic (exact) mass is 337 g/mol. The molecule has 1 heterocycles. The lowest BCUT2D eigenvalue weighted by atomic mass is 10.1. The summed E-state index contributed by atoms with van der Waals surface area (Å²) in [6.07, 6.45) is 1.94. The molecule has 1 aliphatic rings. The molecule has 1 saturated carbocycles. The zero-order valence-corrected chi connectivity index (χ0v) is 13.4. The lowest BCUT2D eigenvalue weighted by Gasteiger charge is -2.14. The molecular formula is C19H16FN3O2. The Kier molecular flexibility index (Phi) is 3.80. The maximum Gasteiger partial charge on any atom is 0.283 e. The summed E-state index contributed by atoms with van der Waals surface area (Å²) in [4.78, 5) is 29.5. The Morgan fingerprint density at radius 3 is 2.64 bits per heavy atom. The number of nitrogens with one attached hydrogen (secondary N) is 1. The van der Waals surface area contributed by atoms with Crippen molar-refractivity contribution in [1.82, 2.24) is 9.66 Å². The zero-order valence-electron chi connectivity index (χ0n) is 13.4. The molecule has 0 saturated heterocycles. The van der Waals surface area contributed by atoms with Crippen LogP contribution in [0.15, 0.2) is 53.3 Å². The third-order valence-electron chi connectivity index (χ3n) is 4.26. The number of aromatic nitrogens is 2. The number of nitrogens with zero attached hydrogens (tertiary/aromatic N) is 2. The standard InChI is InChI=1S/C19H16FN3O2/c20-14-7-4-8-15-17(14)19(25)23(18(21-15)13-9-10-13)22-16(24)11-12-5-2-1-3-6-12/h1-8,13H,9-11H2,(H,22,24). The van der Waals surface area contributed by atoms with Gasteiger partial charge in [-0.2, -0.15) is 0 Å². The summed E-state index contributed by atoms with van der Waals surface area (Å²) in [5.74, 6) is -0.363. The quantitative estimate of drug-likeness (QED) is 0.796. The van der Waals surface area contributed by atoms with Crippen molar-refractivity contribution in [2.24, 2.45) is 0 Å². The molecule has 0 spiro atoms. The van der Waals surface area contributed by atoms with Crippen molar-refractivity contribution in [1.29, 1.82) is 0 Å². The fraction of sp³-hybridized carbons (Fsp3) is 0.211. The van der Waals surface area contributed by atoms with E-state index in [4.69, 9.17) is 0 Å². The van der Waals surface area contributed by atoms with Crippen LogP contribution in [0.2, 0.25) is 0 Å². The van der Waals surface area contributed by atoms with E-state index in [2.05, 4.69) is 10.4 Å². The van der Waals surface area contributed by atoms with Crippen molar-refractivity contribution in [3.05, 3.63) is 76.1 Å². The van der Waals surface area contributed by atoms with Crippen LogP contribution in [0.5, 0.6) is 0 Å². The normalized spacial score (nSPS) is 13.8. The number of carbonyl (C=O) groups excluding carboxylic acids is 1. The number of rotatable bonds is 4. The van der Waals surface area contributed by atoms with E-state index < -0.39 is 11.4 Å². The van der Waals surface area contributed by atoms with E-state index in [1.807, 2.05) is 30.3 Å². The average molecular weight is 337 g/mol. The maximum atomic E-state index is 14.1. The number of carbonyl (C=O) groups is 1. The van der Waals surface area contributed by atoms with E-state index in [0.29, 0.717) is 11.3 Å². The molecule has 1 aliphatic carbocycles. The molecule has 4 rings (SSSR count). The van der Waals surface area contributed by atoms with Gasteiger partial charge in [-0.15, -0.1) is 0 Å². The first-order chi connectivity index (χ1) is 12.1. The lowest BCUT2D eigenvalue weighted by molar-refractivity contribution is -0.116. The summed E-state index contributed by atoms with van der Waals surface area (Å²) in [5.41, 5.74) is 3.18. The largest absolute Gasteiger partial charge is 0.283 e. The first-order valence-electron chi connectivity index (χ1n) is 8.18. The number of amides is 1. The number of halogens is 1. The second-order valence-corrected chi connectivity index (χ2v) is 6.22. The minimum absolute atomic E-state index is 0.105. The van der Waals surface area contributed by atoms with Crippen molar-refractivity contribution in [2.45, 2.75) is 25.2 Å². The molecule has 0 aliphatic heterocycles. The summed E-state index contributed by atoms with van der Waals surface area (Å²) in [6.45, 7) is 0. The molecule has 0 atom stereocenters. The topological polar surface area (TPSA) is 64.0 Å². The van der Waals surface area contributed by atoms with Gasteiger partial charge in [0, 0.05) is 5.92 Å². The van der Waals surface area contributed by atoms with Gasteiger partial charge in [-0.1, -0.05) is 36.4 Å². The molecule has 0 radical (unpaired) electrons. The Hall–Kier alpha value is -3.02. The second-order valence-electron chi connectivity index (χ2n) is 6.22. The molecule has 1 fully saturated rings. The third-order valence-corrected chi connectivity index (χ3v) is 4.26. The van der Waals surface area contributed by atoms with Gasteiger partial charge in [0.2, 0.25) is 5.91 Å². The van der Waals surface area contributed by atoms with Crippen LogP contribution in [0, 0.1) is 5.82 Å². The smallest absolute Gasteiger partial charge is 0.273 e. The Labute approximate surface area is 143 Å². The van der Waals surface area contributed by atoms with Crippen LogP contribution >= 0.6 is 0 Å². The van der Waals surface area contributed by atoms with Crippen LogP contribution in [-0.4, -0.2) is 15.6 Å². The molecule has 1 aromatic heterocycles. The molecule has 3 aromatic rings. The third kappa shape index (κ3) is 3.03. The minimum Gasteiger partial charge on any atom is -0.273 e. The van der Waals surface area contributed by atoms with E-state index in [-0.39, 0.29) is 23.6 Å². The number of hydrogen-bond acceptors (Lipinski definition) is 3. The van der Waals surface area contributed by atoms with Gasteiger partial charge in [0.1, 0.15) is 17.0 Å². The summed E-state index contributed by atoms with van der Waals surface area (Å²) in [6, 6.07) is 13.6. The van der Waals surface area contributed by atoms with Gasteiger partial charge in [0.15, 0.2) is 0 Å². The first kappa shape index (κ1) is 15.5. The first-order valence-corrected chi connectivity index (χ1v) is 8.18. The van der Waals surface area contributed by atoms with Gasteiger partial charge < -0.3 is 0 Å². The minimum atomic E-state index is -0.636. The highest BCUT2D eigenvalue weighted by atomic mass is 19.1. The van der Waals surface area contributed by atoms with Gasteiger partial charge in [0.05, 0.1) is 11.9 Å². The van der Waals surface area contributed by atoms with E-state index in [9.17, 15) is 14.0 Å². The van der Waals surface area contributed by atoms with E-state index in [0.717, 1.165) is 23.1 Å². The van der Waals surface area contributed by atoms with Crippen LogP contribution in [0.1, 0.15) is 30.1 Å². The van der Waals surface area contributed by atoms with Crippen molar-refractivity contribution in [3.63, 3.8) is 0 Å². The number of benzene rings is 2. The summed E-state index contributed by atoms with van der Waals surface area (Å²) in [5, 5.41) is -0.105. The highest BCUT2D eigenvalue weighted by Gasteiger charge is 2.30. The van der Waals surface area contributed by atoms with Gasteiger partial charge >= 0.3 is 0 Å². The summed E-state index contributed by atoms with van der Waals surface area (Å²) >= 11 is 0. The fourth-order valence-electron chi connectivity index (χ4n) is 2.88. The van der Waals surface area contributed by atoms with Gasteiger partial charge in [-0.3, -0.25) is 15.0 Å². The summed E-state index contributed by atoms with van der Waals surface area (Å²) in [7, 11) is 0. The van der Waals surface area contributed by atoms with Crippen molar-refractivity contribution < 1.29 is 9.18 Å². The molecule has 0 unspecified atom stereocenters. The predicted molar refractivity (Wildman–Crippen MR) is 92.4 cm³/mol. The molecule has 5 nitrogen and oxygen atoms in total. The molecule has 126 valence electrons. The Morgan fingerprint density at radius 1 is 1.16 bits per heavy atom. The van der Waals surface area contributed by atoms with Crippen LogP contribution in [0.4, 0.5) is 4.39 Å². The van der Waals surface area contributed by atoms with Gasteiger partial charge in [-0.25, -0.2) is 14.1 Å². The molecule has 1 N–H and O–H groups in total. The highest BCUT2D eigenvalue weighted by molar-refractivity contribution is 5.86. The van der Waals surface area contributed by atoms with Gasteiger partial charge in [0.25, 0.3) is 5.56 Å². The average Bonchev–Trinajstić information content (AvgIpc) is 3.43. The molecule has 0 bridgehead atoms. The molecule has 1 amide bonds. The van der Waals surface area contributed by atoms with Gasteiger partial charge in [-0.05, 0) is 30.5 Å². The van der Waals surface area contributed by atoms with Crippen molar-refractivity contribution in [3.8, 4) is 0 Å². The van der Waals surface area contributed by atoms with Crippen LogP contribution < -0.4 is 11.0 Å². The zero-order chi connectivity index (χ0) is 17.4. The van der Waals surface area contributed by atoms with Crippen molar-refractivity contribution >= 4 is 16.8 Å². The Balaban J connectivity index is 1.74. The highest BCUT2D eigenvalue weighted by Crippen LogP contribution is 2.38. The second kappa shape index (κ2) is 6.12. The van der Waals surface area contributed by atoms with Crippen LogP contribution in [0.3, 0.4) is 0 Å². The predicted octanol–water partition coefficient (Wildman–Crippen LogP) is 2.73.